The number of nitrogens with one attached hydrogen (secondary N) is 1. The summed E-state index contributed by atoms with van der Waals surface area (Å²) in [4.78, 5) is 12.1. The van der Waals surface area contributed by atoms with Gasteiger partial charge >= 0.3 is 0 Å². The number of rotatable bonds is 3. The van der Waals surface area contributed by atoms with Crippen LogP contribution in [0.1, 0.15) is 5.56 Å². The zero-order valence-electron chi connectivity index (χ0n) is 11.3. The number of quaternary nitrogens is 1. The van der Waals surface area contributed by atoms with Crippen molar-refractivity contribution in [1.29, 1.82) is 0 Å². The Morgan fingerprint density at radius 1 is 1.05 bits per heavy atom. The third kappa shape index (κ3) is 2.93. The fourth-order valence-corrected chi connectivity index (χ4v) is 2.57. The highest BCUT2D eigenvalue weighted by molar-refractivity contribution is 5.28. The molecule has 0 aliphatic carbocycles. The highest BCUT2D eigenvalue weighted by Gasteiger charge is 2.22. The van der Waals surface area contributed by atoms with Gasteiger partial charge < -0.3 is 9.80 Å². The number of halogens is 1. The standard InChI is InChI=1S/C15H17FN4/c16-14-5-2-1-4-13(14)12-19-8-10-20(11-9-19)15-17-6-3-7-18-15/h1-7H,8-12H2/p+1. The summed E-state index contributed by atoms with van der Waals surface area (Å²) >= 11 is 0. The average molecular weight is 273 g/mol. The summed E-state index contributed by atoms with van der Waals surface area (Å²) in [6.07, 6.45) is 3.53. The van der Waals surface area contributed by atoms with Crippen LogP contribution in [-0.2, 0) is 6.54 Å². The number of hydrogen-bond donors (Lipinski definition) is 1. The van der Waals surface area contributed by atoms with E-state index in [1.165, 1.54) is 11.0 Å². The highest BCUT2D eigenvalue weighted by atomic mass is 19.1. The van der Waals surface area contributed by atoms with Crippen molar-refractivity contribution in [3.8, 4) is 0 Å². The summed E-state index contributed by atoms with van der Waals surface area (Å²) < 4.78 is 13.6. The van der Waals surface area contributed by atoms with E-state index < -0.39 is 0 Å². The molecule has 2 aromatic rings. The Hall–Kier alpha value is -2.01. The van der Waals surface area contributed by atoms with Gasteiger partial charge in [-0.05, 0) is 12.1 Å². The normalized spacial score (nSPS) is 16.4. The maximum absolute atomic E-state index is 13.6. The van der Waals surface area contributed by atoms with Crippen molar-refractivity contribution in [3.05, 3.63) is 54.1 Å². The number of aromatic nitrogens is 2. The van der Waals surface area contributed by atoms with Crippen LogP contribution in [0.25, 0.3) is 0 Å². The molecule has 1 aromatic heterocycles. The molecule has 1 aliphatic heterocycles. The van der Waals surface area contributed by atoms with Crippen molar-refractivity contribution >= 4 is 5.95 Å². The molecule has 104 valence electrons. The summed E-state index contributed by atoms with van der Waals surface area (Å²) in [6.45, 7) is 4.52. The van der Waals surface area contributed by atoms with E-state index in [-0.39, 0.29) is 5.82 Å². The zero-order valence-corrected chi connectivity index (χ0v) is 11.3. The van der Waals surface area contributed by atoms with Crippen LogP contribution in [0.3, 0.4) is 0 Å². The van der Waals surface area contributed by atoms with Crippen molar-refractivity contribution in [2.45, 2.75) is 6.54 Å². The minimum absolute atomic E-state index is 0.103. The molecule has 4 nitrogen and oxygen atoms in total. The largest absolute Gasteiger partial charge is 0.330 e. The molecule has 1 fully saturated rings. The molecule has 0 amide bonds. The van der Waals surface area contributed by atoms with E-state index >= 15 is 0 Å². The van der Waals surface area contributed by atoms with Gasteiger partial charge in [0.15, 0.2) is 0 Å². The minimum atomic E-state index is -0.103. The topological polar surface area (TPSA) is 33.5 Å². The van der Waals surface area contributed by atoms with E-state index in [0.717, 1.165) is 44.2 Å². The lowest BCUT2D eigenvalue weighted by Gasteiger charge is -2.32. The molecule has 3 rings (SSSR count). The molecule has 0 saturated carbocycles. The van der Waals surface area contributed by atoms with Gasteiger partial charge in [0, 0.05) is 18.0 Å². The molecule has 0 bridgehead atoms. The fourth-order valence-electron chi connectivity index (χ4n) is 2.57. The molecule has 1 aromatic carbocycles. The molecule has 20 heavy (non-hydrogen) atoms. The number of anilines is 1. The molecule has 1 saturated heterocycles. The monoisotopic (exact) mass is 273 g/mol. The van der Waals surface area contributed by atoms with E-state index in [4.69, 9.17) is 0 Å². The van der Waals surface area contributed by atoms with Crippen molar-refractivity contribution in [2.24, 2.45) is 0 Å². The lowest BCUT2D eigenvalue weighted by atomic mass is 10.2. The molecule has 0 unspecified atom stereocenters. The Morgan fingerprint density at radius 3 is 2.45 bits per heavy atom. The first-order valence-electron chi connectivity index (χ1n) is 6.92. The summed E-state index contributed by atoms with van der Waals surface area (Å²) in [6, 6.07) is 8.85. The Labute approximate surface area is 117 Å². The van der Waals surface area contributed by atoms with Gasteiger partial charge in [-0.25, -0.2) is 14.4 Å². The van der Waals surface area contributed by atoms with Crippen molar-refractivity contribution in [3.63, 3.8) is 0 Å². The SMILES string of the molecule is Fc1ccccc1C[NH+]1CCN(c2ncccn2)CC1. The van der Waals surface area contributed by atoms with Crippen LogP contribution in [0.15, 0.2) is 42.7 Å². The molecule has 0 atom stereocenters. The number of nitrogens with zero attached hydrogens (tertiary/aromatic N) is 3. The van der Waals surface area contributed by atoms with Gasteiger partial charge in [-0.3, -0.25) is 0 Å². The predicted molar refractivity (Wildman–Crippen MR) is 75.0 cm³/mol. The second kappa shape index (κ2) is 5.96. The third-order valence-corrected chi connectivity index (χ3v) is 3.70. The Kier molecular flexibility index (Phi) is 3.87. The van der Waals surface area contributed by atoms with Crippen LogP contribution < -0.4 is 9.80 Å². The average Bonchev–Trinajstić information content (AvgIpc) is 2.51. The van der Waals surface area contributed by atoms with Gasteiger partial charge in [0.25, 0.3) is 0 Å². The van der Waals surface area contributed by atoms with Crippen LogP contribution >= 0.6 is 0 Å². The molecular formula is C15H18FN4+. The van der Waals surface area contributed by atoms with Crippen molar-refractivity contribution < 1.29 is 9.29 Å². The van der Waals surface area contributed by atoms with E-state index in [1.807, 2.05) is 18.2 Å². The quantitative estimate of drug-likeness (QED) is 0.885. The van der Waals surface area contributed by atoms with Crippen molar-refractivity contribution in [2.75, 3.05) is 31.1 Å². The molecule has 5 heteroatoms. The van der Waals surface area contributed by atoms with Gasteiger partial charge in [-0.1, -0.05) is 18.2 Å². The maximum atomic E-state index is 13.6. The predicted octanol–water partition coefficient (Wildman–Crippen LogP) is 0.521. The van der Waals surface area contributed by atoms with E-state index in [9.17, 15) is 4.39 Å². The maximum Gasteiger partial charge on any atom is 0.225 e. The van der Waals surface area contributed by atoms with Crippen LogP contribution in [0, 0.1) is 5.82 Å². The van der Waals surface area contributed by atoms with Crippen LogP contribution in [0.5, 0.6) is 0 Å². The number of benzene rings is 1. The zero-order chi connectivity index (χ0) is 13.8. The van der Waals surface area contributed by atoms with Crippen LogP contribution in [0.2, 0.25) is 0 Å². The third-order valence-electron chi connectivity index (χ3n) is 3.70. The number of piperazine rings is 1. The second-order valence-electron chi connectivity index (χ2n) is 5.05. The van der Waals surface area contributed by atoms with Gasteiger partial charge in [-0.15, -0.1) is 0 Å². The first kappa shape index (κ1) is 13.0. The van der Waals surface area contributed by atoms with Gasteiger partial charge in [0.05, 0.1) is 26.2 Å². The number of hydrogen-bond acceptors (Lipinski definition) is 3. The summed E-state index contributed by atoms with van der Waals surface area (Å²) in [5.41, 5.74) is 0.798. The lowest BCUT2D eigenvalue weighted by molar-refractivity contribution is -0.914. The molecule has 0 radical (unpaired) electrons. The van der Waals surface area contributed by atoms with Gasteiger partial charge in [0.1, 0.15) is 12.4 Å². The fraction of sp³-hybridized carbons (Fsp3) is 0.333. The summed E-state index contributed by atoms with van der Waals surface area (Å²) in [7, 11) is 0. The lowest BCUT2D eigenvalue weighted by Crippen LogP contribution is -3.13. The van der Waals surface area contributed by atoms with Crippen LogP contribution in [-0.4, -0.2) is 36.1 Å². The Balaban J connectivity index is 1.58. The van der Waals surface area contributed by atoms with E-state index in [0.29, 0.717) is 0 Å². The summed E-state index contributed by atoms with van der Waals surface area (Å²) in [5, 5.41) is 0. The Morgan fingerprint density at radius 2 is 1.75 bits per heavy atom. The molecule has 1 aliphatic rings. The van der Waals surface area contributed by atoms with E-state index in [2.05, 4.69) is 14.9 Å². The highest BCUT2D eigenvalue weighted by Crippen LogP contribution is 2.06. The molecular weight excluding hydrogens is 255 g/mol. The van der Waals surface area contributed by atoms with Crippen molar-refractivity contribution in [1.82, 2.24) is 9.97 Å². The molecule has 1 N–H and O–H groups in total. The first-order valence-corrected chi connectivity index (χ1v) is 6.92. The summed E-state index contributed by atoms with van der Waals surface area (Å²) in [5.74, 6) is 0.686. The smallest absolute Gasteiger partial charge is 0.225 e. The van der Waals surface area contributed by atoms with Gasteiger partial charge in [-0.2, -0.15) is 0 Å². The molecule has 0 spiro atoms. The minimum Gasteiger partial charge on any atom is -0.330 e. The second-order valence-corrected chi connectivity index (χ2v) is 5.05. The Bertz CT molecular complexity index is 553. The van der Waals surface area contributed by atoms with Crippen LogP contribution in [0.4, 0.5) is 10.3 Å². The van der Waals surface area contributed by atoms with Gasteiger partial charge in [0.2, 0.25) is 5.95 Å². The van der Waals surface area contributed by atoms with E-state index in [1.54, 1.807) is 18.5 Å². The first-order chi connectivity index (χ1) is 9.83. The molecule has 2 heterocycles.